The first-order valence-electron chi connectivity index (χ1n) is 5.97. The van der Waals surface area contributed by atoms with Gasteiger partial charge in [-0.3, -0.25) is 0 Å². The van der Waals surface area contributed by atoms with E-state index in [1.54, 1.807) is 6.07 Å². The topological polar surface area (TPSA) is 73.6 Å². The Kier molecular flexibility index (Phi) is 3.93. The fourth-order valence-corrected chi connectivity index (χ4v) is 1.90. The number of hydrogen-bond donors (Lipinski definition) is 1. The van der Waals surface area contributed by atoms with Crippen molar-refractivity contribution in [2.45, 2.75) is 12.5 Å². The van der Waals surface area contributed by atoms with Crippen molar-refractivity contribution in [2.75, 3.05) is 0 Å². The minimum Gasteiger partial charge on any atom is -0.316 e. The van der Waals surface area contributed by atoms with Crippen LogP contribution in [0.25, 0.3) is 11.1 Å². The van der Waals surface area contributed by atoms with Crippen molar-refractivity contribution >= 4 is 0 Å². The molecule has 0 spiro atoms. The molecule has 2 N–H and O–H groups in total. The second kappa shape index (κ2) is 5.82. The smallest absolute Gasteiger partial charge is 0.0991 e. The first-order valence-corrected chi connectivity index (χ1v) is 5.97. The van der Waals surface area contributed by atoms with Crippen molar-refractivity contribution in [3.05, 3.63) is 59.7 Å². The van der Waals surface area contributed by atoms with Crippen molar-refractivity contribution in [1.29, 1.82) is 10.5 Å². The van der Waals surface area contributed by atoms with Crippen molar-refractivity contribution in [3.8, 4) is 23.3 Å². The molecule has 3 nitrogen and oxygen atoms in total. The summed E-state index contributed by atoms with van der Waals surface area (Å²) >= 11 is 0. The molecule has 0 bridgehead atoms. The van der Waals surface area contributed by atoms with Crippen LogP contribution in [0.5, 0.6) is 0 Å². The minimum atomic E-state index is -0.465. The van der Waals surface area contributed by atoms with Crippen LogP contribution in [0.15, 0.2) is 48.5 Å². The van der Waals surface area contributed by atoms with Gasteiger partial charge < -0.3 is 5.73 Å². The van der Waals surface area contributed by atoms with Crippen molar-refractivity contribution in [3.63, 3.8) is 0 Å². The van der Waals surface area contributed by atoms with Gasteiger partial charge >= 0.3 is 0 Å². The van der Waals surface area contributed by atoms with Crippen molar-refractivity contribution in [1.82, 2.24) is 0 Å². The fourth-order valence-electron chi connectivity index (χ4n) is 1.90. The number of nitrogens with zero attached hydrogens (tertiary/aromatic N) is 2. The predicted octanol–water partition coefficient (Wildman–Crippen LogP) is 2.62. The van der Waals surface area contributed by atoms with E-state index in [0.29, 0.717) is 12.0 Å². The van der Waals surface area contributed by atoms with Gasteiger partial charge in [0.2, 0.25) is 0 Å². The van der Waals surface area contributed by atoms with Gasteiger partial charge in [0.05, 0.1) is 23.7 Å². The zero-order valence-electron chi connectivity index (χ0n) is 10.4. The first kappa shape index (κ1) is 12.8. The maximum absolute atomic E-state index is 8.88. The van der Waals surface area contributed by atoms with Gasteiger partial charge in [0.1, 0.15) is 0 Å². The van der Waals surface area contributed by atoms with E-state index in [4.69, 9.17) is 16.3 Å². The predicted molar refractivity (Wildman–Crippen MR) is 73.9 cm³/mol. The van der Waals surface area contributed by atoms with Crippen LogP contribution in [0.2, 0.25) is 0 Å². The molecular weight excluding hydrogens is 234 g/mol. The average molecular weight is 247 g/mol. The molecule has 0 aliphatic heterocycles. The number of benzene rings is 2. The minimum absolute atomic E-state index is 0.465. The van der Waals surface area contributed by atoms with Gasteiger partial charge in [0.25, 0.3) is 0 Å². The summed E-state index contributed by atoms with van der Waals surface area (Å²) in [6, 6.07) is 19.0. The summed E-state index contributed by atoms with van der Waals surface area (Å²) in [7, 11) is 0. The summed E-state index contributed by atoms with van der Waals surface area (Å²) < 4.78 is 0. The Hall–Kier alpha value is -2.62. The summed E-state index contributed by atoms with van der Waals surface area (Å²) in [6.07, 6.45) is 0.551. The Labute approximate surface area is 112 Å². The summed E-state index contributed by atoms with van der Waals surface area (Å²) in [5, 5.41) is 17.6. The maximum Gasteiger partial charge on any atom is 0.0991 e. The summed E-state index contributed by atoms with van der Waals surface area (Å²) in [4.78, 5) is 0. The van der Waals surface area contributed by atoms with Crippen LogP contribution in [-0.2, 0) is 6.42 Å². The third-order valence-corrected chi connectivity index (χ3v) is 2.90. The van der Waals surface area contributed by atoms with E-state index >= 15 is 0 Å². The van der Waals surface area contributed by atoms with Crippen molar-refractivity contribution in [2.24, 2.45) is 5.73 Å². The van der Waals surface area contributed by atoms with Crippen molar-refractivity contribution < 1.29 is 0 Å². The Bertz CT molecular complexity index is 645. The lowest BCUT2D eigenvalue weighted by Gasteiger charge is -2.06. The van der Waals surface area contributed by atoms with Crippen LogP contribution in [0.1, 0.15) is 11.1 Å². The second-order valence-electron chi connectivity index (χ2n) is 4.33. The van der Waals surface area contributed by atoms with Gasteiger partial charge in [-0.1, -0.05) is 36.4 Å². The SMILES string of the molecule is N#Cc1cccc(-c2ccc(CC(N)C#N)cc2)c1. The molecule has 2 aromatic rings. The molecule has 0 heterocycles. The van der Waals surface area contributed by atoms with Gasteiger partial charge in [0, 0.05) is 6.42 Å². The standard InChI is InChI=1S/C16H13N3/c17-10-13-2-1-3-15(8-13)14-6-4-12(5-7-14)9-16(19)11-18/h1-8,16H,9,19H2. The Morgan fingerprint density at radius 3 is 2.37 bits per heavy atom. The lowest BCUT2D eigenvalue weighted by atomic mass is 10.00. The molecule has 1 unspecified atom stereocenters. The zero-order valence-corrected chi connectivity index (χ0v) is 10.4. The van der Waals surface area contributed by atoms with Gasteiger partial charge in [-0.2, -0.15) is 10.5 Å². The average Bonchev–Trinajstić information content (AvgIpc) is 2.48. The quantitative estimate of drug-likeness (QED) is 0.906. The fraction of sp³-hybridized carbons (Fsp3) is 0.125. The molecule has 0 saturated carbocycles. The third-order valence-electron chi connectivity index (χ3n) is 2.90. The van der Waals surface area contributed by atoms with E-state index in [0.717, 1.165) is 16.7 Å². The number of hydrogen-bond acceptors (Lipinski definition) is 3. The monoisotopic (exact) mass is 247 g/mol. The zero-order chi connectivity index (χ0) is 13.7. The van der Waals surface area contributed by atoms with Gasteiger partial charge in [-0.15, -0.1) is 0 Å². The molecule has 0 saturated heterocycles. The Morgan fingerprint density at radius 1 is 1.00 bits per heavy atom. The highest BCUT2D eigenvalue weighted by Gasteiger charge is 2.03. The molecular formula is C16H13N3. The van der Waals surface area contributed by atoms with E-state index in [-0.39, 0.29) is 0 Å². The van der Waals surface area contributed by atoms with E-state index in [9.17, 15) is 0 Å². The highest BCUT2D eigenvalue weighted by Crippen LogP contribution is 2.21. The molecule has 1 atom stereocenters. The van der Waals surface area contributed by atoms with Crippen LogP contribution in [-0.4, -0.2) is 6.04 Å². The Balaban J connectivity index is 2.23. The van der Waals surface area contributed by atoms with Gasteiger partial charge in [-0.05, 0) is 28.8 Å². The second-order valence-corrected chi connectivity index (χ2v) is 4.33. The van der Waals surface area contributed by atoms with E-state index in [2.05, 4.69) is 6.07 Å². The molecule has 0 fully saturated rings. The highest BCUT2D eigenvalue weighted by molar-refractivity contribution is 5.65. The van der Waals surface area contributed by atoms with Crippen LogP contribution in [0, 0.1) is 22.7 Å². The summed E-state index contributed by atoms with van der Waals surface area (Å²) in [5.74, 6) is 0. The lowest BCUT2D eigenvalue weighted by molar-refractivity contribution is 0.823. The van der Waals surface area contributed by atoms with Crippen LogP contribution >= 0.6 is 0 Å². The van der Waals surface area contributed by atoms with Gasteiger partial charge in [0.15, 0.2) is 0 Å². The molecule has 0 aliphatic carbocycles. The molecule has 2 aromatic carbocycles. The molecule has 0 aromatic heterocycles. The van der Waals surface area contributed by atoms with E-state index in [1.165, 1.54) is 0 Å². The molecule has 2 rings (SSSR count). The maximum atomic E-state index is 8.88. The van der Waals surface area contributed by atoms with E-state index < -0.39 is 6.04 Å². The molecule has 0 radical (unpaired) electrons. The lowest BCUT2D eigenvalue weighted by Crippen LogP contribution is -2.19. The summed E-state index contributed by atoms with van der Waals surface area (Å²) in [5.41, 5.74) is 9.33. The molecule has 0 aliphatic rings. The summed E-state index contributed by atoms with van der Waals surface area (Å²) in [6.45, 7) is 0. The third kappa shape index (κ3) is 3.19. The van der Waals surface area contributed by atoms with Crippen LogP contribution < -0.4 is 5.73 Å². The van der Waals surface area contributed by atoms with Crippen LogP contribution in [0.4, 0.5) is 0 Å². The molecule has 19 heavy (non-hydrogen) atoms. The van der Waals surface area contributed by atoms with E-state index in [1.807, 2.05) is 48.5 Å². The van der Waals surface area contributed by atoms with Crippen LogP contribution in [0.3, 0.4) is 0 Å². The highest BCUT2D eigenvalue weighted by atomic mass is 14.6. The number of rotatable bonds is 3. The van der Waals surface area contributed by atoms with Gasteiger partial charge in [-0.25, -0.2) is 0 Å². The number of nitriles is 2. The molecule has 0 amide bonds. The number of nitrogens with two attached hydrogens (primary N) is 1. The first-order chi connectivity index (χ1) is 9.22. The largest absolute Gasteiger partial charge is 0.316 e. The Morgan fingerprint density at radius 2 is 1.74 bits per heavy atom. The normalized spacial score (nSPS) is 11.3. The molecule has 3 heteroatoms. The molecule has 92 valence electrons.